The molecular formula is C15H21N7. The highest BCUT2D eigenvalue weighted by molar-refractivity contribution is 5.37. The molecule has 0 unspecified atom stereocenters. The average molecular weight is 299 g/mol. The molecule has 7 nitrogen and oxygen atoms in total. The Hall–Kier alpha value is -2.28. The van der Waals surface area contributed by atoms with E-state index in [2.05, 4.69) is 46.4 Å². The van der Waals surface area contributed by atoms with Crippen molar-refractivity contribution >= 4 is 5.65 Å². The molecule has 0 aliphatic carbocycles. The van der Waals surface area contributed by atoms with Crippen molar-refractivity contribution in [1.82, 2.24) is 34.7 Å². The van der Waals surface area contributed by atoms with E-state index >= 15 is 0 Å². The maximum absolute atomic E-state index is 4.33. The Morgan fingerprint density at radius 1 is 1.18 bits per heavy atom. The second-order valence-electron chi connectivity index (χ2n) is 5.84. The summed E-state index contributed by atoms with van der Waals surface area (Å²) in [7, 11) is 0. The zero-order valence-corrected chi connectivity index (χ0v) is 13.1. The first-order valence-corrected chi connectivity index (χ1v) is 7.55. The zero-order valence-electron chi connectivity index (χ0n) is 13.1. The van der Waals surface area contributed by atoms with Crippen LogP contribution in [0.4, 0.5) is 0 Å². The highest BCUT2D eigenvalue weighted by atomic mass is 15.3. The lowest BCUT2D eigenvalue weighted by Gasteiger charge is -2.13. The van der Waals surface area contributed by atoms with Crippen LogP contribution in [0.25, 0.3) is 5.65 Å². The van der Waals surface area contributed by atoms with E-state index < -0.39 is 0 Å². The van der Waals surface area contributed by atoms with E-state index in [0.717, 1.165) is 23.8 Å². The number of nitrogens with one attached hydrogen (secondary N) is 1. The van der Waals surface area contributed by atoms with Gasteiger partial charge in [-0.3, -0.25) is 4.40 Å². The third-order valence-corrected chi connectivity index (χ3v) is 3.53. The molecule has 0 saturated carbocycles. The molecule has 7 heteroatoms. The van der Waals surface area contributed by atoms with E-state index in [1.807, 2.05) is 33.5 Å². The number of rotatable bonds is 6. The second-order valence-corrected chi connectivity index (χ2v) is 5.84. The van der Waals surface area contributed by atoms with Gasteiger partial charge in [-0.25, -0.2) is 9.67 Å². The predicted molar refractivity (Wildman–Crippen MR) is 83.1 cm³/mol. The quantitative estimate of drug-likeness (QED) is 0.751. The highest BCUT2D eigenvalue weighted by Crippen LogP contribution is 2.12. The normalized spacial score (nSPS) is 13.1. The Morgan fingerprint density at radius 2 is 2.05 bits per heavy atom. The molecule has 1 N–H and O–H groups in total. The lowest BCUT2D eigenvalue weighted by molar-refractivity contribution is 0.445. The molecular weight excluding hydrogens is 278 g/mol. The molecule has 0 aromatic carbocycles. The van der Waals surface area contributed by atoms with E-state index in [4.69, 9.17) is 0 Å². The molecule has 0 spiro atoms. The van der Waals surface area contributed by atoms with E-state index in [9.17, 15) is 0 Å². The Balaban J connectivity index is 1.70. The fourth-order valence-corrected chi connectivity index (χ4v) is 2.41. The molecule has 3 rings (SSSR count). The van der Waals surface area contributed by atoms with Gasteiger partial charge >= 0.3 is 0 Å². The smallest absolute Gasteiger partial charge is 0.160 e. The average Bonchev–Trinajstić information content (AvgIpc) is 3.11. The van der Waals surface area contributed by atoms with E-state index in [-0.39, 0.29) is 6.04 Å². The number of aromatic nitrogens is 6. The van der Waals surface area contributed by atoms with Crippen molar-refractivity contribution < 1.29 is 0 Å². The summed E-state index contributed by atoms with van der Waals surface area (Å²) < 4.78 is 3.95. The summed E-state index contributed by atoms with van der Waals surface area (Å²) in [4.78, 5) is 4.33. The van der Waals surface area contributed by atoms with Crippen molar-refractivity contribution in [2.45, 2.75) is 39.9 Å². The van der Waals surface area contributed by atoms with Crippen molar-refractivity contribution in [1.29, 1.82) is 0 Å². The fraction of sp³-hybridized carbons (Fsp3) is 0.467. The molecule has 0 radical (unpaired) electrons. The van der Waals surface area contributed by atoms with Gasteiger partial charge in [0.25, 0.3) is 0 Å². The van der Waals surface area contributed by atoms with Crippen molar-refractivity contribution in [2.24, 2.45) is 5.92 Å². The predicted octanol–water partition coefficient (Wildman–Crippen LogP) is 1.83. The Morgan fingerprint density at radius 3 is 2.86 bits per heavy atom. The van der Waals surface area contributed by atoms with Gasteiger partial charge in [-0.2, -0.15) is 5.10 Å². The molecule has 22 heavy (non-hydrogen) atoms. The van der Waals surface area contributed by atoms with Crippen molar-refractivity contribution in [3.8, 4) is 0 Å². The molecule has 3 aromatic heterocycles. The summed E-state index contributed by atoms with van der Waals surface area (Å²) >= 11 is 0. The van der Waals surface area contributed by atoms with Gasteiger partial charge in [-0.05, 0) is 25.0 Å². The van der Waals surface area contributed by atoms with E-state index in [1.165, 1.54) is 0 Å². The van der Waals surface area contributed by atoms with Crippen LogP contribution in [0.1, 0.15) is 38.5 Å². The third kappa shape index (κ3) is 2.99. The van der Waals surface area contributed by atoms with Gasteiger partial charge in [-0.15, -0.1) is 10.2 Å². The van der Waals surface area contributed by atoms with E-state index in [1.54, 1.807) is 6.33 Å². The number of hydrogen-bond acceptors (Lipinski definition) is 5. The first-order chi connectivity index (χ1) is 10.6. The number of pyridine rings is 1. The Labute approximate surface area is 129 Å². The van der Waals surface area contributed by atoms with Gasteiger partial charge in [0.05, 0.1) is 12.6 Å². The highest BCUT2D eigenvalue weighted by Gasteiger charge is 2.14. The van der Waals surface area contributed by atoms with Crippen LogP contribution in [0.3, 0.4) is 0 Å². The Kier molecular flexibility index (Phi) is 4.15. The van der Waals surface area contributed by atoms with Crippen LogP contribution in [0.15, 0.2) is 30.7 Å². The molecule has 0 aliphatic heterocycles. The molecule has 0 amide bonds. The van der Waals surface area contributed by atoms with Gasteiger partial charge in [0, 0.05) is 12.7 Å². The number of fused-ring (bicyclic) bond motifs is 1. The molecule has 116 valence electrons. The van der Waals surface area contributed by atoms with Crippen LogP contribution in [-0.4, -0.2) is 29.4 Å². The van der Waals surface area contributed by atoms with Crippen LogP contribution in [0, 0.1) is 5.92 Å². The largest absolute Gasteiger partial charge is 0.300 e. The van der Waals surface area contributed by atoms with Crippen LogP contribution in [-0.2, 0) is 13.1 Å². The molecule has 1 atom stereocenters. The fourth-order valence-electron chi connectivity index (χ4n) is 2.41. The van der Waals surface area contributed by atoms with Gasteiger partial charge in [0.1, 0.15) is 12.2 Å². The molecule has 0 bridgehead atoms. The van der Waals surface area contributed by atoms with Gasteiger partial charge in [0.15, 0.2) is 11.5 Å². The first-order valence-electron chi connectivity index (χ1n) is 7.55. The SMILES string of the molecule is CC(C)Cn1ncnc1CN[C@H](C)c1nnc2ccccn12. The minimum absolute atomic E-state index is 0.0709. The van der Waals surface area contributed by atoms with Crippen LogP contribution >= 0.6 is 0 Å². The number of nitrogens with zero attached hydrogens (tertiary/aromatic N) is 6. The molecule has 0 saturated heterocycles. The van der Waals surface area contributed by atoms with Gasteiger partial charge in [0.2, 0.25) is 0 Å². The van der Waals surface area contributed by atoms with Crippen molar-refractivity contribution in [3.63, 3.8) is 0 Å². The van der Waals surface area contributed by atoms with Crippen molar-refractivity contribution in [3.05, 3.63) is 42.4 Å². The van der Waals surface area contributed by atoms with Gasteiger partial charge in [-0.1, -0.05) is 19.9 Å². The minimum Gasteiger partial charge on any atom is -0.300 e. The summed E-state index contributed by atoms with van der Waals surface area (Å²) in [6.07, 6.45) is 3.58. The summed E-state index contributed by atoms with van der Waals surface area (Å²) in [6.45, 7) is 7.94. The summed E-state index contributed by atoms with van der Waals surface area (Å²) in [5.41, 5.74) is 0.856. The maximum atomic E-state index is 4.33. The lowest BCUT2D eigenvalue weighted by atomic mass is 10.2. The zero-order chi connectivity index (χ0) is 15.5. The topological polar surface area (TPSA) is 72.9 Å². The number of hydrogen-bond donors (Lipinski definition) is 1. The summed E-state index contributed by atoms with van der Waals surface area (Å²) in [5.74, 6) is 2.37. The summed E-state index contributed by atoms with van der Waals surface area (Å²) in [6, 6.07) is 5.95. The van der Waals surface area contributed by atoms with Gasteiger partial charge < -0.3 is 5.32 Å². The summed E-state index contributed by atoms with van der Waals surface area (Å²) in [5, 5.41) is 16.2. The van der Waals surface area contributed by atoms with Crippen LogP contribution in [0.5, 0.6) is 0 Å². The Bertz CT molecular complexity index is 743. The molecule has 0 fully saturated rings. The van der Waals surface area contributed by atoms with Crippen molar-refractivity contribution in [2.75, 3.05) is 0 Å². The van der Waals surface area contributed by atoms with E-state index in [0.29, 0.717) is 12.5 Å². The standard InChI is InChI=1S/C15H21N7/c1-11(2)9-22-14(17-10-18-22)8-16-12(3)15-20-19-13-6-4-5-7-21(13)15/h4-7,10-12,16H,8-9H2,1-3H3/t12-/m1/s1. The molecule has 3 heterocycles. The first kappa shape index (κ1) is 14.6. The molecule has 3 aromatic rings. The maximum Gasteiger partial charge on any atom is 0.160 e. The minimum atomic E-state index is 0.0709. The molecule has 0 aliphatic rings. The lowest BCUT2D eigenvalue weighted by Crippen LogP contribution is -2.23. The van der Waals surface area contributed by atoms with Crippen LogP contribution < -0.4 is 5.32 Å². The van der Waals surface area contributed by atoms with Crippen LogP contribution in [0.2, 0.25) is 0 Å². The third-order valence-electron chi connectivity index (χ3n) is 3.53. The monoisotopic (exact) mass is 299 g/mol. The second kappa shape index (κ2) is 6.23.